The summed E-state index contributed by atoms with van der Waals surface area (Å²) in [6.07, 6.45) is 0. The van der Waals surface area contributed by atoms with Gasteiger partial charge in [-0.2, -0.15) is 0 Å². The summed E-state index contributed by atoms with van der Waals surface area (Å²) in [6, 6.07) is 13.0. The van der Waals surface area contributed by atoms with E-state index >= 15 is 0 Å². The van der Waals surface area contributed by atoms with Crippen LogP contribution in [0.5, 0.6) is 11.5 Å². The summed E-state index contributed by atoms with van der Waals surface area (Å²) in [5.74, 6) is 2.31. The highest BCUT2D eigenvalue weighted by Crippen LogP contribution is 2.40. The molecular weight excluding hydrogens is 420 g/mol. The second kappa shape index (κ2) is 6.86. The van der Waals surface area contributed by atoms with E-state index < -0.39 is 9.84 Å². The third kappa shape index (κ3) is 3.33. The zero-order valence-corrected chi connectivity index (χ0v) is 17.1. The maximum atomic E-state index is 12.2. The van der Waals surface area contributed by atoms with Crippen LogP contribution in [0.4, 0.5) is 5.69 Å². The van der Waals surface area contributed by atoms with E-state index in [0.29, 0.717) is 16.5 Å². The fraction of sp³-hybridized carbons (Fsp3) is 0.316. The first kappa shape index (κ1) is 18.1. The Hall–Kier alpha value is -1.90. The molecule has 28 heavy (non-hydrogen) atoms. The predicted molar refractivity (Wildman–Crippen MR) is 111 cm³/mol. The van der Waals surface area contributed by atoms with E-state index in [0.717, 1.165) is 22.2 Å². The first-order valence-corrected chi connectivity index (χ1v) is 12.0. The Morgan fingerprint density at radius 3 is 2.71 bits per heavy atom. The maximum Gasteiger partial charge on any atom is 0.231 e. The van der Waals surface area contributed by atoms with Gasteiger partial charge in [-0.15, -0.1) is 0 Å². The topological polar surface area (TPSA) is 68.2 Å². The van der Waals surface area contributed by atoms with Crippen molar-refractivity contribution in [2.24, 2.45) is 4.99 Å². The van der Waals surface area contributed by atoms with Crippen LogP contribution >= 0.6 is 23.4 Å². The zero-order chi connectivity index (χ0) is 19.3. The highest BCUT2D eigenvalue weighted by Gasteiger charge is 2.47. The number of thioether (sulfide) groups is 1. The summed E-state index contributed by atoms with van der Waals surface area (Å²) < 4.78 is 35.2. The maximum absolute atomic E-state index is 12.2. The largest absolute Gasteiger partial charge is 0.454 e. The van der Waals surface area contributed by atoms with E-state index in [1.807, 2.05) is 47.4 Å². The molecule has 0 aliphatic carbocycles. The molecule has 3 heterocycles. The quantitative estimate of drug-likeness (QED) is 0.735. The molecule has 1 saturated heterocycles. The third-order valence-corrected chi connectivity index (χ3v) is 8.01. The van der Waals surface area contributed by atoms with Gasteiger partial charge in [-0.1, -0.05) is 35.5 Å². The number of anilines is 1. The lowest BCUT2D eigenvalue weighted by atomic mass is 10.1. The number of nitrogens with zero attached hydrogens (tertiary/aromatic N) is 2. The number of benzene rings is 2. The van der Waals surface area contributed by atoms with E-state index in [2.05, 4.69) is 0 Å². The molecule has 0 aromatic heterocycles. The van der Waals surface area contributed by atoms with Crippen molar-refractivity contribution in [2.75, 3.05) is 23.2 Å². The standard InChI is InChI=1S/C19H17ClN2O4S2/c20-13-3-1-12(2-4-13)8-27-19-21-15-9-28(23,24)10-16(15)22(19)14-5-6-17-18(7-14)26-11-25-17/h1-7,15-16H,8-11H2/t15-,16+/m1/s1. The number of amidine groups is 1. The molecule has 3 aliphatic heterocycles. The number of rotatable bonds is 3. The summed E-state index contributed by atoms with van der Waals surface area (Å²) in [4.78, 5) is 6.80. The molecule has 5 rings (SSSR count). The summed E-state index contributed by atoms with van der Waals surface area (Å²) in [5.41, 5.74) is 2.00. The number of ether oxygens (including phenoxy) is 2. The fourth-order valence-electron chi connectivity index (χ4n) is 3.70. The van der Waals surface area contributed by atoms with Crippen molar-refractivity contribution in [3.8, 4) is 11.5 Å². The minimum Gasteiger partial charge on any atom is -0.454 e. The first-order valence-electron chi connectivity index (χ1n) is 8.83. The second-order valence-corrected chi connectivity index (χ2v) is 10.5. The molecular formula is C19H17ClN2O4S2. The summed E-state index contributed by atoms with van der Waals surface area (Å²) in [5, 5.41) is 1.53. The highest BCUT2D eigenvalue weighted by atomic mass is 35.5. The van der Waals surface area contributed by atoms with Crippen molar-refractivity contribution >= 4 is 44.1 Å². The molecule has 0 N–H and O–H groups in total. The molecule has 146 valence electrons. The van der Waals surface area contributed by atoms with Crippen LogP contribution in [0.1, 0.15) is 5.56 Å². The van der Waals surface area contributed by atoms with Crippen molar-refractivity contribution < 1.29 is 17.9 Å². The molecule has 0 amide bonds. The van der Waals surface area contributed by atoms with E-state index in [1.165, 1.54) is 0 Å². The van der Waals surface area contributed by atoms with Crippen LogP contribution in [0.15, 0.2) is 47.5 Å². The van der Waals surface area contributed by atoms with E-state index in [4.69, 9.17) is 26.1 Å². The minimum atomic E-state index is -3.08. The molecule has 9 heteroatoms. The van der Waals surface area contributed by atoms with Crippen molar-refractivity contribution in [3.05, 3.63) is 53.1 Å². The van der Waals surface area contributed by atoms with E-state index in [-0.39, 0.29) is 30.4 Å². The lowest BCUT2D eigenvalue weighted by molar-refractivity contribution is 0.174. The van der Waals surface area contributed by atoms with Gasteiger partial charge in [0.25, 0.3) is 0 Å². The lowest BCUT2D eigenvalue weighted by Gasteiger charge is -2.26. The average molecular weight is 437 g/mol. The Kier molecular flexibility index (Phi) is 4.45. The van der Waals surface area contributed by atoms with Crippen LogP contribution in [0, 0.1) is 0 Å². The Bertz CT molecular complexity index is 1060. The average Bonchev–Trinajstić information content (AvgIpc) is 3.32. The monoisotopic (exact) mass is 436 g/mol. The Morgan fingerprint density at radius 1 is 1.11 bits per heavy atom. The van der Waals surface area contributed by atoms with Crippen molar-refractivity contribution in [1.29, 1.82) is 0 Å². The van der Waals surface area contributed by atoms with Crippen molar-refractivity contribution in [1.82, 2.24) is 0 Å². The third-order valence-electron chi connectivity index (χ3n) is 5.02. The zero-order valence-electron chi connectivity index (χ0n) is 14.7. The molecule has 0 radical (unpaired) electrons. The van der Waals surface area contributed by atoms with Crippen molar-refractivity contribution in [3.63, 3.8) is 0 Å². The molecule has 2 aromatic carbocycles. The van der Waals surface area contributed by atoms with Crippen molar-refractivity contribution in [2.45, 2.75) is 17.8 Å². The minimum absolute atomic E-state index is 0.101. The van der Waals surface area contributed by atoms with Crippen LogP contribution in [0.2, 0.25) is 5.02 Å². The molecule has 1 fully saturated rings. The van der Waals surface area contributed by atoms with Gasteiger partial charge in [-0.25, -0.2) is 8.42 Å². The van der Waals surface area contributed by atoms with Gasteiger partial charge in [0, 0.05) is 22.5 Å². The van der Waals surface area contributed by atoms with Gasteiger partial charge in [-0.3, -0.25) is 4.99 Å². The van der Waals surface area contributed by atoms with Crippen LogP contribution in [0.3, 0.4) is 0 Å². The molecule has 0 bridgehead atoms. The second-order valence-electron chi connectivity index (χ2n) is 6.95. The molecule has 2 atom stereocenters. The molecule has 0 saturated carbocycles. The van der Waals surface area contributed by atoms with Gasteiger partial charge in [0.2, 0.25) is 6.79 Å². The van der Waals surface area contributed by atoms with Gasteiger partial charge in [0.15, 0.2) is 26.5 Å². The molecule has 0 spiro atoms. The normalized spacial score (nSPS) is 24.3. The van der Waals surface area contributed by atoms with Gasteiger partial charge in [0.1, 0.15) is 0 Å². The number of fused-ring (bicyclic) bond motifs is 2. The van der Waals surface area contributed by atoms with Crippen LogP contribution < -0.4 is 14.4 Å². The number of hydrogen-bond acceptors (Lipinski definition) is 7. The Balaban J connectivity index is 1.44. The Labute approximate surface area is 172 Å². The molecule has 2 aromatic rings. The molecule has 6 nitrogen and oxygen atoms in total. The van der Waals surface area contributed by atoms with E-state index in [9.17, 15) is 8.42 Å². The number of hydrogen-bond donors (Lipinski definition) is 0. The SMILES string of the molecule is O=S1(=O)C[C@H]2N=C(SCc3ccc(Cl)cc3)N(c3ccc4c(c3)OCO4)[C@H]2C1. The van der Waals surface area contributed by atoms with Gasteiger partial charge in [0.05, 0.1) is 23.6 Å². The highest BCUT2D eigenvalue weighted by molar-refractivity contribution is 8.13. The molecule has 3 aliphatic rings. The lowest BCUT2D eigenvalue weighted by Crippen LogP contribution is -2.39. The summed E-state index contributed by atoms with van der Waals surface area (Å²) in [7, 11) is -3.08. The van der Waals surface area contributed by atoms with Gasteiger partial charge in [-0.05, 0) is 29.8 Å². The van der Waals surface area contributed by atoms with Crippen LogP contribution in [-0.4, -0.2) is 44.0 Å². The predicted octanol–water partition coefficient (Wildman–Crippen LogP) is 3.34. The Morgan fingerprint density at radius 2 is 1.89 bits per heavy atom. The van der Waals surface area contributed by atoms with Gasteiger partial charge < -0.3 is 14.4 Å². The van der Waals surface area contributed by atoms with Crippen LogP contribution in [0.25, 0.3) is 0 Å². The number of aliphatic imine (C=N–C) groups is 1. The smallest absolute Gasteiger partial charge is 0.231 e. The molecule has 0 unspecified atom stereocenters. The fourth-order valence-corrected chi connectivity index (χ4v) is 6.75. The first-order chi connectivity index (χ1) is 13.5. The van der Waals surface area contributed by atoms with Gasteiger partial charge >= 0.3 is 0 Å². The summed E-state index contributed by atoms with van der Waals surface area (Å²) >= 11 is 7.56. The van der Waals surface area contributed by atoms with Crippen LogP contribution in [-0.2, 0) is 15.6 Å². The summed E-state index contributed by atoms with van der Waals surface area (Å²) in [6.45, 7) is 0.200. The number of sulfone groups is 1. The number of halogens is 1. The van der Waals surface area contributed by atoms with E-state index in [1.54, 1.807) is 11.8 Å².